The summed E-state index contributed by atoms with van der Waals surface area (Å²) >= 11 is 0. The minimum absolute atomic E-state index is 0.148. The number of amides is 3. The fourth-order valence-corrected chi connectivity index (χ4v) is 1.92. The molecule has 1 saturated heterocycles. The summed E-state index contributed by atoms with van der Waals surface area (Å²) in [7, 11) is 0. The zero-order valence-electron chi connectivity index (χ0n) is 21.9. The van der Waals surface area contributed by atoms with Gasteiger partial charge in [-0.2, -0.15) is 0 Å². The quantitative estimate of drug-likeness (QED) is 0.478. The van der Waals surface area contributed by atoms with Gasteiger partial charge in [0.1, 0.15) is 12.6 Å². The Morgan fingerprint density at radius 3 is 1.75 bits per heavy atom. The van der Waals surface area contributed by atoms with Crippen molar-refractivity contribution in [3.63, 3.8) is 0 Å². The molecule has 0 saturated carbocycles. The first-order valence-corrected chi connectivity index (χ1v) is 11.7. The summed E-state index contributed by atoms with van der Waals surface area (Å²) in [5, 5.41) is 21.7. The molecule has 4 N–H and O–H groups in total. The summed E-state index contributed by atoms with van der Waals surface area (Å²) in [6, 6.07) is -0.652. The first-order chi connectivity index (χ1) is 15.0. The Labute approximate surface area is 195 Å². The first kappa shape index (κ1) is 37.2. The van der Waals surface area contributed by atoms with Crippen molar-refractivity contribution < 1.29 is 29.4 Å². The van der Waals surface area contributed by atoms with Crippen LogP contribution in [0.15, 0.2) is 0 Å². The molecule has 0 bridgehead atoms. The maximum atomic E-state index is 11.8. The molecule has 3 amide bonds. The lowest BCUT2D eigenvalue weighted by Gasteiger charge is -2.23. The van der Waals surface area contributed by atoms with Crippen LogP contribution in [0.4, 0.5) is 0 Å². The molecule has 0 aromatic rings. The molecular formula is C23H49N3O6. The van der Waals surface area contributed by atoms with Crippen molar-refractivity contribution in [3.05, 3.63) is 0 Å². The molecule has 2 atom stereocenters. The molecule has 9 nitrogen and oxygen atoms in total. The molecule has 1 rings (SSSR count). The molecule has 0 aliphatic carbocycles. The van der Waals surface area contributed by atoms with Crippen molar-refractivity contribution in [1.82, 2.24) is 15.5 Å². The Morgan fingerprint density at radius 2 is 1.41 bits per heavy atom. The monoisotopic (exact) mass is 463 g/mol. The number of hydrogen-bond acceptors (Lipinski definition) is 5. The summed E-state index contributed by atoms with van der Waals surface area (Å²) in [5.41, 5.74) is 0. The van der Waals surface area contributed by atoms with Gasteiger partial charge >= 0.3 is 5.97 Å². The van der Waals surface area contributed by atoms with Crippen LogP contribution >= 0.6 is 0 Å². The lowest BCUT2D eigenvalue weighted by atomic mass is 10.1. The lowest BCUT2D eigenvalue weighted by molar-refractivity contribution is -0.141. The van der Waals surface area contributed by atoms with Gasteiger partial charge in [0, 0.05) is 13.5 Å². The summed E-state index contributed by atoms with van der Waals surface area (Å²) in [6.07, 6.45) is 2.28. The lowest BCUT2D eigenvalue weighted by Crippen LogP contribution is -2.49. The zero-order valence-corrected chi connectivity index (χ0v) is 21.9. The van der Waals surface area contributed by atoms with Gasteiger partial charge in [0.05, 0.1) is 12.6 Å². The molecule has 1 aliphatic heterocycles. The normalized spacial score (nSPS) is 14.5. The van der Waals surface area contributed by atoms with Gasteiger partial charge in [0.15, 0.2) is 0 Å². The van der Waals surface area contributed by atoms with Crippen LogP contribution in [0.1, 0.15) is 88.5 Å². The molecule has 1 heterocycles. The highest BCUT2D eigenvalue weighted by molar-refractivity contribution is 5.91. The van der Waals surface area contributed by atoms with E-state index in [0.717, 1.165) is 0 Å². The molecule has 9 heteroatoms. The molecule has 0 spiro atoms. The highest BCUT2D eigenvalue weighted by Gasteiger charge is 2.33. The number of likely N-dealkylation sites (tertiary alicyclic amines) is 1. The van der Waals surface area contributed by atoms with Gasteiger partial charge < -0.3 is 25.7 Å². The maximum Gasteiger partial charge on any atom is 0.322 e. The van der Waals surface area contributed by atoms with Gasteiger partial charge in [-0.15, -0.1) is 0 Å². The molecule has 1 aliphatic rings. The van der Waals surface area contributed by atoms with Crippen LogP contribution in [-0.4, -0.2) is 70.6 Å². The minimum Gasteiger partial charge on any atom is -0.480 e. The number of aliphatic hydroxyl groups excluding tert-OH is 1. The predicted molar refractivity (Wildman–Crippen MR) is 129 cm³/mol. The van der Waals surface area contributed by atoms with E-state index in [2.05, 4.69) is 24.5 Å². The third-order valence-corrected chi connectivity index (χ3v) is 3.74. The van der Waals surface area contributed by atoms with Gasteiger partial charge in [-0.1, -0.05) is 61.8 Å². The number of hydrogen-bond donors (Lipinski definition) is 4. The molecular weight excluding hydrogens is 414 g/mol. The Kier molecular flexibility index (Phi) is 29.2. The number of aliphatic carboxylic acids is 1. The largest absolute Gasteiger partial charge is 0.480 e. The van der Waals surface area contributed by atoms with Crippen LogP contribution in [0.5, 0.6) is 0 Å². The molecule has 0 aromatic carbocycles. The predicted octanol–water partition coefficient (Wildman–Crippen LogP) is 2.81. The Morgan fingerprint density at radius 1 is 0.969 bits per heavy atom. The van der Waals surface area contributed by atoms with Crippen molar-refractivity contribution in [2.45, 2.75) is 101 Å². The molecule has 0 radical (unpaired) electrons. The van der Waals surface area contributed by atoms with E-state index in [0.29, 0.717) is 25.3 Å². The van der Waals surface area contributed by atoms with Crippen molar-refractivity contribution in [1.29, 1.82) is 0 Å². The standard InChI is InChI=1S/C11H17N3O5.C5H12O.C3H8.2C2H6/c1-7(15)12-5-9(16)14-4-2-3-8(14)11(19)13-6-10(17)18;1-4(2)5(3)6;1-3-2;2*1-2/h8H,2-6H2,1H3,(H,12,15)(H,13,19)(H,17,18);4-6H,1-3H3;3H2,1-2H3;2*1-2H3. The Bertz CT molecular complexity index is 454. The van der Waals surface area contributed by atoms with Crippen LogP contribution in [0.3, 0.4) is 0 Å². The third kappa shape index (κ3) is 22.5. The fraction of sp³-hybridized carbons (Fsp3) is 0.826. The summed E-state index contributed by atoms with van der Waals surface area (Å²) in [6.45, 7) is 19.1. The maximum absolute atomic E-state index is 11.8. The highest BCUT2D eigenvalue weighted by atomic mass is 16.4. The van der Waals surface area contributed by atoms with Gasteiger partial charge in [-0.25, -0.2) is 0 Å². The van der Waals surface area contributed by atoms with Crippen molar-refractivity contribution in [3.8, 4) is 0 Å². The average Bonchev–Trinajstić information content (AvgIpc) is 3.24. The van der Waals surface area contributed by atoms with E-state index < -0.39 is 24.5 Å². The van der Waals surface area contributed by atoms with E-state index >= 15 is 0 Å². The van der Waals surface area contributed by atoms with Crippen LogP contribution in [0.25, 0.3) is 0 Å². The number of carboxylic acid groups (broad SMARTS) is 1. The summed E-state index contributed by atoms with van der Waals surface area (Å²) in [5.74, 6) is -1.87. The van der Waals surface area contributed by atoms with Crippen LogP contribution in [-0.2, 0) is 19.2 Å². The second kappa shape index (κ2) is 25.1. The molecule has 0 aromatic heterocycles. The zero-order chi connectivity index (χ0) is 26.3. The van der Waals surface area contributed by atoms with E-state index in [1.807, 2.05) is 41.5 Å². The number of aliphatic hydroxyl groups is 1. The Balaban J connectivity index is -0.000000251. The van der Waals surface area contributed by atoms with E-state index in [4.69, 9.17) is 10.2 Å². The number of carbonyl (C=O) groups is 4. The third-order valence-electron chi connectivity index (χ3n) is 3.74. The molecule has 32 heavy (non-hydrogen) atoms. The molecule has 2 unspecified atom stereocenters. The smallest absolute Gasteiger partial charge is 0.322 e. The Hall–Kier alpha value is -2.16. The second-order valence-corrected chi connectivity index (χ2v) is 6.96. The van der Waals surface area contributed by atoms with Crippen molar-refractivity contribution >= 4 is 23.7 Å². The number of carboxylic acids is 1. The second-order valence-electron chi connectivity index (χ2n) is 6.96. The van der Waals surface area contributed by atoms with Crippen LogP contribution in [0.2, 0.25) is 0 Å². The SMILES string of the molecule is CC.CC.CC(=O)NCC(=O)N1CCCC1C(=O)NCC(=O)O.CC(C)C(C)O.CCC. The van der Waals surface area contributed by atoms with Gasteiger partial charge in [0.2, 0.25) is 17.7 Å². The minimum atomic E-state index is -1.14. The fourth-order valence-electron chi connectivity index (χ4n) is 1.92. The van der Waals surface area contributed by atoms with Crippen molar-refractivity contribution in [2.75, 3.05) is 19.6 Å². The molecule has 1 fully saturated rings. The number of nitrogens with one attached hydrogen (secondary N) is 2. The highest BCUT2D eigenvalue weighted by Crippen LogP contribution is 2.17. The summed E-state index contributed by atoms with van der Waals surface area (Å²) in [4.78, 5) is 46.0. The van der Waals surface area contributed by atoms with Crippen molar-refractivity contribution in [2.24, 2.45) is 5.92 Å². The number of nitrogens with zero attached hydrogens (tertiary/aromatic N) is 1. The van der Waals surface area contributed by atoms with Gasteiger partial charge in [0.25, 0.3) is 0 Å². The van der Waals surface area contributed by atoms with Crippen LogP contribution < -0.4 is 10.6 Å². The van der Waals surface area contributed by atoms with Gasteiger partial charge in [-0.05, 0) is 25.7 Å². The number of carbonyl (C=O) groups excluding carboxylic acids is 3. The van der Waals surface area contributed by atoms with Gasteiger partial charge in [-0.3, -0.25) is 19.2 Å². The van der Waals surface area contributed by atoms with E-state index in [1.165, 1.54) is 18.2 Å². The molecule has 192 valence electrons. The van der Waals surface area contributed by atoms with E-state index in [-0.39, 0.29) is 24.5 Å². The first-order valence-electron chi connectivity index (χ1n) is 11.7. The van der Waals surface area contributed by atoms with Crippen LogP contribution in [0, 0.1) is 5.92 Å². The topological polar surface area (TPSA) is 136 Å². The summed E-state index contributed by atoms with van der Waals surface area (Å²) < 4.78 is 0. The number of rotatable bonds is 6. The van der Waals surface area contributed by atoms with E-state index in [9.17, 15) is 19.2 Å². The average molecular weight is 464 g/mol. The van der Waals surface area contributed by atoms with E-state index in [1.54, 1.807) is 6.92 Å².